The van der Waals surface area contributed by atoms with Crippen LogP contribution in [-0.4, -0.2) is 19.5 Å². The topological polar surface area (TPSA) is 56.7 Å². The van der Waals surface area contributed by atoms with Gasteiger partial charge in [-0.3, -0.25) is 0 Å². The second kappa shape index (κ2) is 14.5. The first-order chi connectivity index (χ1) is 31.7. The Bertz CT molecular complexity index is 3860. The zero-order valence-electron chi connectivity index (χ0n) is 34.5. The van der Waals surface area contributed by atoms with Crippen LogP contribution >= 0.6 is 0 Å². The molecule has 0 aliphatic rings. The van der Waals surface area contributed by atoms with Crippen molar-refractivity contribution in [2.45, 2.75) is 0 Å². The molecule has 0 radical (unpaired) electrons. The highest BCUT2D eigenvalue weighted by atomic mass is 16.3. The van der Waals surface area contributed by atoms with Gasteiger partial charge in [0.05, 0.1) is 16.6 Å². The second-order valence-corrected chi connectivity index (χ2v) is 16.4. The van der Waals surface area contributed by atoms with Gasteiger partial charge in [-0.15, -0.1) is 0 Å². The smallest absolute Gasteiger partial charge is 0.167 e. The van der Waals surface area contributed by atoms with E-state index in [0.717, 1.165) is 88.4 Å². The number of benzene rings is 10. The third-order valence-electron chi connectivity index (χ3n) is 12.6. The summed E-state index contributed by atoms with van der Waals surface area (Å²) in [7, 11) is 0. The molecule has 13 aromatic rings. The van der Waals surface area contributed by atoms with Crippen LogP contribution in [0.3, 0.4) is 0 Å². The maximum Gasteiger partial charge on any atom is 0.167 e. The molecule has 0 bridgehead atoms. The van der Waals surface area contributed by atoms with Crippen LogP contribution in [0.2, 0.25) is 0 Å². The van der Waals surface area contributed by atoms with Crippen LogP contribution < -0.4 is 0 Å². The lowest BCUT2D eigenvalue weighted by molar-refractivity contribution is 0.670. The molecule has 0 unspecified atom stereocenters. The van der Waals surface area contributed by atoms with E-state index >= 15 is 0 Å². The number of nitrogens with zero attached hydrogens (tertiary/aromatic N) is 4. The molecule has 0 N–H and O–H groups in total. The van der Waals surface area contributed by atoms with Gasteiger partial charge in [0.1, 0.15) is 11.2 Å². The Kier molecular flexibility index (Phi) is 8.15. The number of hydrogen-bond acceptors (Lipinski definition) is 4. The van der Waals surface area contributed by atoms with Crippen LogP contribution in [-0.2, 0) is 0 Å². The molecule has 0 atom stereocenters. The Morgan fingerprint density at radius 3 is 1.59 bits per heavy atom. The molecule has 0 aliphatic carbocycles. The van der Waals surface area contributed by atoms with Gasteiger partial charge in [-0.2, -0.15) is 0 Å². The summed E-state index contributed by atoms with van der Waals surface area (Å²) in [5.41, 5.74) is 12.0. The minimum Gasteiger partial charge on any atom is -0.455 e. The number of fused-ring (bicyclic) bond motifs is 9. The predicted molar refractivity (Wildman–Crippen MR) is 264 cm³/mol. The minimum absolute atomic E-state index is 0.537. The number of rotatable bonds is 6. The fraction of sp³-hybridized carbons (Fsp3) is 0. The molecule has 298 valence electrons. The molecular formula is C59H36N4O. The van der Waals surface area contributed by atoms with Crippen molar-refractivity contribution in [3.05, 3.63) is 218 Å². The molecule has 0 saturated carbocycles. The van der Waals surface area contributed by atoms with Gasteiger partial charge in [0.15, 0.2) is 17.5 Å². The molecule has 0 saturated heterocycles. The lowest BCUT2D eigenvalue weighted by Gasteiger charge is -2.13. The fourth-order valence-electron chi connectivity index (χ4n) is 9.55. The van der Waals surface area contributed by atoms with Gasteiger partial charge < -0.3 is 8.98 Å². The average molecular weight is 817 g/mol. The van der Waals surface area contributed by atoms with Gasteiger partial charge in [0.2, 0.25) is 0 Å². The van der Waals surface area contributed by atoms with Crippen LogP contribution in [0, 0.1) is 0 Å². The number of aromatic nitrogens is 4. The van der Waals surface area contributed by atoms with E-state index in [-0.39, 0.29) is 0 Å². The van der Waals surface area contributed by atoms with Crippen LogP contribution in [0.1, 0.15) is 0 Å². The van der Waals surface area contributed by atoms with Crippen molar-refractivity contribution in [3.8, 4) is 62.1 Å². The van der Waals surface area contributed by atoms with Crippen molar-refractivity contribution in [2.75, 3.05) is 0 Å². The Morgan fingerprint density at radius 1 is 0.328 bits per heavy atom. The molecule has 0 fully saturated rings. The number of para-hydroxylation sites is 2. The van der Waals surface area contributed by atoms with Gasteiger partial charge >= 0.3 is 0 Å². The summed E-state index contributed by atoms with van der Waals surface area (Å²) in [5, 5.41) is 9.11. The van der Waals surface area contributed by atoms with Crippen molar-refractivity contribution >= 4 is 65.3 Å². The van der Waals surface area contributed by atoms with E-state index < -0.39 is 0 Å². The number of furan rings is 1. The van der Waals surface area contributed by atoms with Gasteiger partial charge in [-0.05, 0) is 98.4 Å². The maximum atomic E-state index is 6.84. The van der Waals surface area contributed by atoms with E-state index in [4.69, 9.17) is 19.4 Å². The summed E-state index contributed by atoms with van der Waals surface area (Å²) in [6.07, 6.45) is 0. The molecule has 0 spiro atoms. The standard InChI is InChI=1S/C59H36N4O/c1-3-15-37(16-4-1)39-21-13-23-43(31-39)57-60-58(44-24-14-22-40(32-44)38-17-5-2-6-18-38)62-59(61-57)51-35-45-33-46(29-30-47(45)55-49-26-10-12-28-54(49)64-56(51)55)63-52-27-11-9-25-48(52)50-34-41-19-7-8-20-42(41)36-53(50)63/h1-36H. The third-order valence-corrected chi connectivity index (χ3v) is 12.6. The van der Waals surface area contributed by atoms with E-state index in [2.05, 4.69) is 199 Å². The molecule has 64 heavy (non-hydrogen) atoms. The molecule has 0 aliphatic heterocycles. The van der Waals surface area contributed by atoms with Crippen molar-refractivity contribution in [3.63, 3.8) is 0 Å². The van der Waals surface area contributed by atoms with E-state index in [1.165, 1.54) is 21.5 Å². The quantitative estimate of drug-likeness (QED) is 0.168. The summed E-state index contributed by atoms with van der Waals surface area (Å²) < 4.78 is 9.24. The monoisotopic (exact) mass is 816 g/mol. The normalized spacial score (nSPS) is 11.8. The molecule has 5 heteroatoms. The number of hydrogen-bond donors (Lipinski definition) is 0. The van der Waals surface area contributed by atoms with Crippen LogP contribution in [0.25, 0.3) is 127 Å². The largest absolute Gasteiger partial charge is 0.455 e. The lowest BCUT2D eigenvalue weighted by atomic mass is 9.99. The molecule has 10 aromatic carbocycles. The first-order valence-corrected chi connectivity index (χ1v) is 21.6. The summed E-state index contributed by atoms with van der Waals surface area (Å²) in [4.78, 5) is 15.9. The van der Waals surface area contributed by atoms with Crippen molar-refractivity contribution in [1.82, 2.24) is 19.5 Å². The predicted octanol–water partition coefficient (Wildman–Crippen LogP) is 15.5. The zero-order chi connectivity index (χ0) is 42.1. The minimum atomic E-state index is 0.537. The zero-order valence-corrected chi connectivity index (χ0v) is 34.5. The summed E-state index contributed by atoms with van der Waals surface area (Å²) in [6.45, 7) is 0. The Balaban J connectivity index is 1.07. The maximum absolute atomic E-state index is 6.84. The second-order valence-electron chi connectivity index (χ2n) is 16.4. The Hall–Kier alpha value is -8.67. The van der Waals surface area contributed by atoms with Gasteiger partial charge in [-0.1, -0.05) is 164 Å². The SMILES string of the molecule is c1ccc(-c2cccc(-c3nc(-c4cccc(-c5ccccc5)c4)nc(-c4cc5cc(-n6c7ccccc7c7cc8ccccc8cc76)ccc5c5c4oc4ccccc45)n3)c2)cc1. The fourth-order valence-corrected chi connectivity index (χ4v) is 9.55. The molecule has 0 amide bonds. The highest BCUT2D eigenvalue weighted by molar-refractivity contribution is 6.23. The average Bonchev–Trinajstić information content (AvgIpc) is 3.92. The molecule has 5 nitrogen and oxygen atoms in total. The molecule has 3 heterocycles. The van der Waals surface area contributed by atoms with Crippen molar-refractivity contribution in [2.24, 2.45) is 0 Å². The highest BCUT2D eigenvalue weighted by Crippen LogP contribution is 2.43. The van der Waals surface area contributed by atoms with Crippen LogP contribution in [0.5, 0.6) is 0 Å². The van der Waals surface area contributed by atoms with Gasteiger partial charge in [0.25, 0.3) is 0 Å². The molecular weight excluding hydrogens is 781 g/mol. The van der Waals surface area contributed by atoms with E-state index in [0.29, 0.717) is 17.5 Å². The van der Waals surface area contributed by atoms with E-state index in [9.17, 15) is 0 Å². The molecule has 3 aromatic heterocycles. The Labute approximate surface area is 368 Å². The van der Waals surface area contributed by atoms with Crippen LogP contribution in [0.15, 0.2) is 223 Å². The highest BCUT2D eigenvalue weighted by Gasteiger charge is 2.22. The summed E-state index contributed by atoms with van der Waals surface area (Å²) in [6, 6.07) is 76.9. The van der Waals surface area contributed by atoms with Crippen LogP contribution in [0.4, 0.5) is 0 Å². The van der Waals surface area contributed by atoms with Gasteiger partial charge in [-0.25, -0.2) is 15.0 Å². The third kappa shape index (κ3) is 5.90. The van der Waals surface area contributed by atoms with Crippen molar-refractivity contribution in [1.29, 1.82) is 0 Å². The van der Waals surface area contributed by atoms with Crippen molar-refractivity contribution < 1.29 is 4.42 Å². The first-order valence-electron chi connectivity index (χ1n) is 21.6. The lowest BCUT2D eigenvalue weighted by Crippen LogP contribution is -2.01. The summed E-state index contributed by atoms with van der Waals surface area (Å²) in [5.74, 6) is 1.70. The first kappa shape index (κ1) is 36.0. The van der Waals surface area contributed by atoms with E-state index in [1.54, 1.807) is 0 Å². The Morgan fingerprint density at radius 2 is 0.891 bits per heavy atom. The van der Waals surface area contributed by atoms with E-state index in [1.807, 2.05) is 24.3 Å². The molecule has 13 rings (SSSR count). The van der Waals surface area contributed by atoms with Gasteiger partial charge in [0, 0.05) is 38.4 Å². The summed E-state index contributed by atoms with van der Waals surface area (Å²) >= 11 is 0.